The number of rotatable bonds is 5. The Morgan fingerprint density at radius 3 is 2.58 bits per heavy atom. The molecule has 2 aromatic rings. The van der Waals surface area contributed by atoms with Crippen molar-refractivity contribution >= 4 is 23.1 Å². The van der Waals surface area contributed by atoms with E-state index in [9.17, 15) is 10.1 Å². The Kier molecular flexibility index (Phi) is 4.38. The van der Waals surface area contributed by atoms with Gasteiger partial charge < -0.3 is 5.43 Å². The van der Waals surface area contributed by atoms with E-state index in [1.165, 1.54) is 6.07 Å². The van der Waals surface area contributed by atoms with Crippen molar-refractivity contribution in [3.05, 3.63) is 64.2 Å². The highest BCUT2D eigenvalue weighted by Gasteiger charge is 2.10. The molecule has 19 heavy (non-hydrogen) atoms. The van der Waals surface area contributed by atoms with Crippen molar-refractivity contribution in [1.82, 2.24) is 0 Å². The fourth-order valence-electron chi connectivity index (χ4n) is 1.63. The Morgan fingerprint density at radius 2 is 1.95 bits per heavy atom. The smallest absolute Gasteiger partial charge is 0.269 e. The SMILES string of the molecule is NNc1ccc([N+](=O)[O-])cc1CSc1ccccc1. The van der Waals surface area contributed by atoms with Crippen LogP contribution in [-0.2, 0) is 5.75 Å². The molecule has 0 amide bonds. The Morgan fingerprint density at radius 1 is 1.21 bits per heavy atom. The fraction of sp³-hybridized carbons (Fsp3) is 0.0769. The molecule has 98 valence electrons. The number of benzene rings is 2. The van der Waals surface area contributed by atoms with E-state index in [4.69, 9.17) is 5.84 Å². The quantitative estimate of drug-likeness (QED) is 0.379. The van der Waals surface area contributed by atoms with E-state index >= 15 is 0 Å². The zero-order chi connectivity index (χ0) is 13.7. The molecule has 6 heteroatoms. The molecule has 3 N–H and O–H groups in total. The summed E-state index contributed by atoms with van der Waals surface area (Å²) in [5.74, 6) is 6.03. The summed E-state index contributed by atoms with van der Waals surface area (Å²) in [6.45, 7) is 0. The molecule has 0 heterocycles. The van der Waals surface area contributed by atoms with Crippen molar-refractivity contribution in [2.45, 2.75) is 10.6 Å². The lowest BCUT2D eigenvalue weighted by Crippen LogP contribution is -2.09. The van der Waals surface area contributed by atoms with Crippen LogP contribution in [0.1, 0.15) is 5.56 Å². The van der Waals surface area contributed by atoms with Crippen molar-refractivity contribution in [2.75, 3.05) is 5.43 Å². The van der Waals surface area contributed by atoms with Crippen molar-refractivity contribution in [3.63, 3.8) is 0 Å². The number of hydrogen-bond acceptors (Lipinski definition) is 5. The topological polar surface area (TPSA) is 81.2 Å². The highest BCUT2D eigenvalue weighted by Crippen LogP contribution is 2.28. The zero-order valence-electron chi connectivity index (χ0n) is 10.1. The first-order valence-corrected chi connectivity index (χ1v) is 6.61. The Bertz CT molecular complexity index is 575. The van der Waals surface area contributed by atoms with Gasteiger partial charge in [-0.1, -0.05) is 18.2 Å². The summed E-state index contributed by atoms with van der Waals surface area (Å²) in [4.78, 5) is 11.5. The van der Waals surface area contributed by atoms with Crippen molar-refractivity contribution in [1.29, 1.82) is 0 Å². The van der Waals surface area contributed by atoms with E-state index in [-0.39, 0.29) is 5.69 Å². The Balaban J connectivity index is 2.18. The predicted molar refractivity (Wildman–Crippen MR) is 76.9 cm³/mol. The average Bonchev–Trinajstić information content (AvgIpc) is 2.45. The van der Waals surface area contributed by atoms with Crippen LogP contribution in [0.15, 0.2) is 53.4 Å². The lowest BCUT2D eigenvalue weighted by atomic mass is 10.2. The molecule has 0 fully saturated rings. The number of hydrazine groups is 1. The highest BCUT2D eigenvalue weighted by molar-refractivity contribution is 7.98. The molecular weight excluding hydrogens is 262 g/mol. The second kappa shape index (κ2) is 6.21. The number of nitrogen functional groups attached to an aromatic ring is 1. The molecule has 0 spiro atoms. The first-order chi connectivity index (χ1) is 9.20. The number of hydrogen-bond donors (Lipinski definition) is 2. The molecule has 5 nitrogen and oxygen atoms in total. The van der Waals surface area contributed by atoms with Crippen molar-refractivity contribution in [2.24, 2.45) is 5.84 Å². The third-order valence-corrected chi connectivity index (χ3v) is 3.65. The summed E-state index contributed by atoms with van der Waals surface area (Å²) < 4.78 is 0. The average molecular weight is 275 g/mol. The molecule has 0 bridgehead atoms. The van der Waals surface area contributed by atoms with Crippen LogP contribution in [0.5, 0.6) is 0 Å². The van der Waals surface area contributed by atoms with Gasteiger partial charge in [0.05, 0.1) is 10.6 Å². The maximum Gasteiger partial charge on any atom is 0.269 e. The van der Waals surface area contributed by atoms with Crippen molar-refractivity contribution in [3.8, 4) is 0 Å². The molecule has 0 aromatic heterocycles. The third-order valence-electron chi connectivity index (χ3n) is 2.59. The number of thioether (sulfide) groups is 1. The van der Waals surface area contributed by atoms with Crippen LogP contribution < -0.4 is 11.3 Å². The van der Waals surface area contributed by atoms with E-state index in [0.717, 1.165) is 10.5 Å². The Hall–Kier alpha value is -2.05. The molecule has 0 aliphatic rings. The maximum absolute atomic E-state index is 10.8. The van der Waals surface area contributed by atoms with Crippen LogP contribution >= 0.6 is 11.8 Å². The molecule has 0 atom stereocenters. The van der Waals surface area contributed by atoms with Gasteiger partial charge in [0.15, 0.2) is 0 Å². The maximum atomic E-state index is 10.8. The van der Waals surface area contributed by atoms with Gasteiger partial charge in [-0.25, -0.2) is 0 Å². The summed E-state index contributed by atoms with van der Waals surface area (Å²) in [6, 6.07) is 14.5. The van der Waals surface area contributed by atoms with Gasteiger partial charge in [0.1, 0.15) is 0 Å². The van der Waals surface area contributed by atoms with Gasteiger partial charge in [0.25, 0.3) is 5.69 Å². The Labute approximate surface area is 114 Å². The van der Waals surface area contributed by atoms with Crippen LogP contribution in [-0.4, -0.2) is 4.92 Å². The molecular formula is C13H13N3O2S. The van der Waals surface area contributed by atoms with Crippen LogP contribution in [0.3, 0.4) is 0 Å². The fourth-order valence-corrected chi connectivity index (χ4v) is 2.54. The molecule has 0 unspecified atom stereocenters. The van der Waals surface area contributed by atoms with E-state index in [0.29, 0.717) is 11.4 Å². The molecule has 0 aliphatic heterocycles. The number of non-ortho nitro benzene ring substituents is 1. The highest BCUT2D eigenvalue weighted by atomic mass is 32.2. The largest absolute Gasteiger partial charge is 0.324 e. The molecule has 0 saturated carbocycles. The minimum atomic E-state index is -0.406. The summed E-state index contributed by atoms with van der Waals surface area (Å²) in [6.07, 6.45) is 0. The number of nitro groups is 1. The van der Waals surface area contributed by atoms with Gasteiger partial charge in [-0.2, -0.15) is 0 Å². The normalized spacial score (nSPS) is 10.2. The lowest BCUT2D eigenvalue weighted by molar-refractivity contribution is -0.384. The monoisotopic (exact) mass is 275 g/mol. The van der Waals surface area contributed by atoms with Crippen LogP contribution in [0.2, 0.25) is 0 Å². The molecule has 0 saturated heterocycles. The van der Waals surface area contributed by atoms with Gasteiger partial charge in [-0.3, -0.25) is 16.0 Å². The second-order valence-corrected chi connectivity index (χ2v) is 4.89. The number of anilines is 1. The minimum Gasteiger partial charge on any atom is -0.324 e. The van der Waals surface area contributed by atoms with E-state index in [1.807, 2.05) is 30.3 Å². The molecule has 0 aliphatic carbocycles. The van der Waals surface area contributed by atoms with E-state index < -0.39 is 4.92 Å². The minimum absolute atomic E-state index is 0.0719. The summed E-state index contributed by atoms with van der Waals surface area (Å²) in [5.41, 5.74) is 4.15. The van der Waals surface area contributed by atoms with Gasteiger partial charge in [0.2, 0.25) is 0 Å². The van der Waals surface area contributed by atoms with Gasteiger partial charge >= 0.3 is 0 Å². The van der Waals surface area contributed by atoms with Crippen LogP contribution in [0.25, 0.3) is 0 Å². The van der Waals surface area contributed by atoms with Gasteiger partial charge in [-0.05, 0) is 23.8 Å². The van der Waals surface area contributed by atoms with Crippen molar-refractivity contribution < 1.29 is 4.92 Å². The summed E-state index contributed by atoms with van der Waals surface area (Å²) in [5, 5.41) is 10.8. The molecule has 0 radical (unpaired) electrons. The third kappa shape index (κ3) is 3.46. The standard InChI is InChI=1S/C13H13N3O2S/c14-15-13-7-6-11(16(17)18)8-10(13)9-19-12-4-2-1-3-5-12/h1-8,15H,9,14H2. The number of nitrogens with one attached hydrogen (secondary N) is 1. The predicted octanol–water partition coefficient (Wildman–Crippen LogP) is 3.17. The lowest BCUT2D eigenvalue weighted by Gasteiger charge is -2.08. The van der Waals surface area contributed by atoms with Crippen LogP contribution in [0.4, 0.5) is 11.4 Å². The van der Waals surface area contributed by atoms with Gasteiger partial charge in [0, 0.05) is 22.8 Å². The van der Waals surface area contributed by atoms with Gasteiger partial charge in [-0.15, -0.1) is 11.8 Å². The summed E-state index contributed by atoms with van der Waals surface area (Å²) >= 11 is 1.61. The van der Waals surface area contributed by atoms with E-state index in [2.05, 4.69) is 5.43 Å². The molecule has 2 rings (SSSR count). The molecule has 2 aromatic carbocycles. The number of nitrogens with two attached hydrogens (primary N) is 1. The number of nitrogens with zero attached hydrogens (tertiary/aromatic N) is 1. The first kappa shape index (κ1) is 13.4. The second-order valence-electron chi connectivity index (χ2n) is 3.84. The van der Waals surface area contributed by atoms with E-state index in [1.54, 1.807) is 23.9 Å². The van der Waals surface area contributed by atoms with Crippen LogP contribution in [0, 0.1) is 10.1 Å². The first-order valence-electron chi connectivity index (χ1n) is 5.62. The zero-order valence-corrected chi connectivity index (χ0v) is 10.9. The summed E-state index contributed by atoms with van der Waals surface area (Å²) in [7, 11) is 0. The number of nitro benzene ring substituents is 1.